The molecular formula is C14H25N3O2. The Morgan fingerprint density at radius 1 is 1.16 bits per heavy atom. The number of hydrogen-bond donors (Lipinski definition) is 1. The second-order valence-corrected chi connectivity index (χ2v) is 5.52. The van der Waals surface area contributed by atoms with Crippen LogP contribution >= 0.6 is 0 Å². The van der Waals surface area contributed by atoms with E-state index in [0.29, 0.717) is 18.9 Å². The molecule has 5 nitrogen and oxygen atoms in total. The Morgan fingerprint density at radius 3 is 2.37 bits per heavy atom. The number of imide groups is 1. The second-order valence-electron chi connectivity index (χ2n) is 5.52. The van der Waals surface area contributed by atoms with E-state index in [1.165, 1.54) is 17.7 Å². The van der Waals surface area contributed by atoms with Gasteiger partial charge < -0.3 is 10.2 Å². The number of nitrogens with one attached hydrogen (secondary N) is 1. The molecule has 0 aliphatic carbocycles. The van der Waals surface area contributed by atoms with Crippen molar-refractivity contribution in [1.82, 2.24) is 15.1 Å². The number of piperidine rings is 1. The highest BCUT2D eigenvalue weighted by Gasteiger charge is 2.37. The van der Waals surface area contributed by atoms with Gasteiger partial charge in [0.05, 0.1) is 12.5 Å². The lowest BCUT2D eigenvalue weighted by Crippen LogP contribution is -2.43. The van der Waals surface area contributed by atoms with Crippen molar-refractivity contribution < 1.29 is 9.59 Å². The third-order valence-electron chi connectivity index (χ3n) is 4.37. The summed E-state index contributed by atoms with van der Waals surface area (Å²) in [6.07, 6.45) is 2.71. The van der Waals surface area contributed by atoms with Crippen LogP contribution in [-0.2, 0) is 9.59 Å². The highest BCUT2D eigenvalue weighted by atomic mass is 16.2. The third-order valence-corrected chi connectivity index (χ3v) is 4.37. The fourth-order valence-corrected chi connectivity index (χ4v) is 2.99. The molecule has 0 aromatic heterocycles. The fourth-order valence-electron chi connectivity index (χ4n) is 2.99. The molecule has 1 atom stereocenters. The van der Waals surface area contributed by atoms with Gasteiger partial charge in [0.15, 0.2) is 0 Å². The van der Waals surface area contributed by atoms with Gasteiger partial charge in [-0.05, 0) is 51.9 Å². The van der Waals surface area contributed by atoms with Crippen LogP contribution in [0.15, 0.2) is 0 Å². The number of likely N-dealkylation sites (N-methyl/N-ethyl adjacent to an activating group) is 1. The molecule has 2 aliphatic rings. The number of carbonyl (C=O) groups is 2. The fraction of sp³-hybridized carbons (Fsp3) is 0.857. The smallest absolute Gasteiger partial charge is 0.246 e. The Bertz CT molecular complexity index is 338. The summed E-state index contributed by atoms with van der Waals surface area (Å²) in [4.78, 5) is 27.4. The molecule has 2 fully saturated rings. The summed E-state index contributed by atoms with van der Waals surface area (Å²) < 4.78 is 0. The van der Waals surface area contributed by atoms with Crippen LogP contribution in [-0.4, -0.2) is 60.4 Å². The maximum absolute atomic E-state index is 12.0. The van der Waals surface area contributed by atoms with Crippen LogP contribution in [0.5, 0.6) is 0 Å². The van der Waals surface area contributed by atoms with E-state index in [1.54, 1.807) is 0 Å². The first kappa shape index (κ1) is 14.5. The lowest BCUT2D eigenvalue weighted by Gasteiger charge is -2.31. The average Bonchev–Trinajstić information content (AvgIpc) is 2.71. The van der Waals surface area contributed by atoms with Crippen molar-refractivity contribution in [3.05, 3.63) is 0 Å². The molecule has 0 bridgehead atoms. The van der Waals surface area contributed by atoms with Crippen molar-refractivity contribution in [3.8, 4) is 0 Å². The number of amides is 2. The van der Waals surface area contributed by atoms with Crippen molar-refractivity contribution in [2.45, 2.75) is 39.2 Å². The molecule has 2 amide bonds. The first-order valence-electron chi connectivity index (χ1n) is 7.45. The lowest BCUT2D eigenvalue weighted by atomic mass is 9.96. The Balaban J connectivity index is 1.75. The Kier molecular flexibility index (Phi) is 4.93. The molecule has 2 aliphatic heterocycles. The zero-order chi connectivity index (χ0) is 13.8. The van der Waals surface area contributed by atoms with Gasteiger partial charge in [-0.2, -0.15) is 0 Å². The molecule has 2 heterocycles. The van der Waals surface area contributed by atoms with Crippen molar-refractivity contribution in [3.63, 3.8) is 0 Å². The molecule has 1 unspecified atom stereocenters. The normalized spacial score (nSPS) is 26.4. The molecular weight excluding hydrogens is 242 g/mol. The van der Waals surface area contributed by atoms with E-state index in [1.807, 2.05) is 6.92 Å². The molecule has 0 spiro atoms. The van der Waals surface area contributed by atoms with Gasteiger partial charge in [-0.1, -0.05) is 6.92 Å². The molecule has 0 radical (unpaired) electrons. The molecule has 1 N–H and O–H groups in total. The second kappa shape index (κ2) is 6.48. The number of carbonyl (C=O) groups excluding carboxylic acids is 2. The highest BCUT2D eigenvalue weighted by molar-refractivity contribution is 6.05. The van der Waals surface area contributed by atoms with Gasteiger partial charge in [0.25, 0.3) is 0 Å². The average molecular weight is 267 g/mol. The molecule has 0 aromatic rings. The van der Waals surface area contributed by atoms with E-state index in [9.17, 15) is 9.59 Å². The van der Waals surface area contributed by atoms with Gasteiger partial charge in [0.1, 0.15) is 0 Å². The van der Waals surface area contributed by atoms with Gasteiger partial charge in [-0.3, -0.25) is 14.5 Å². The zero-order valence-electron chi connectivity index (χ0n) is 12.0. The number of hydrogen-bond acceptors (Lipinski definition) is 4. The molecule has 19 heavy (non-hydrogen) atoms. The predicted molar refractivity (Wildman–Crippen MR) is 73.6 cm³/mol. The van der Waals surface area contributed by atoms with E-state index in [4.69, 9.17) is 0 Å². The highest BCUT2D eigenvalue weighted by Crippen LogP contribution is 2.18. The summed E-state index contributed by atoms with van der Waals surface area (Å²) in [5.74, 6) is 0.561. The largest absolute Gasteiger partial charge is 0.305 e. The zero-order valence-corrected chi connectivity index (χ0v) is 12.0. The van der Waals surface area contributed by atoms with E-state index in [2.05, 4.69) is 17.1 Å². The summed E-state index contributed by atoms with van der Waals surface area (Å²) in [6.45, 7) is 8.83. The summed E-state index contributed by atoms with van der Waals surface area (Å²) in [7, 11) is 0. The predicted octanol–water partition coefficient (Wildman–Crippen LogP) is 0.455. The molecule has 0 aromatic carbocycles. The number of rotatable bonds is 5. The van der Waals surface area contributed by atoms with E-state index >= 15 is 0 Å². The van der Waals surface area contributed by atoms with Crippen LogP contribution in [0.1, 0.15) is 33.1 Å². The third kappa shape index (κ3) is 3.34. The SMILES string of the molecule is CCN1CCC(CNC2CC(=O)N(CC)C2=O)CC1. The molecule has 2 rings (SSSR count). The standard InChI is InChI=1S/C14H25N3O2/c1-3-16-7-5-11(6-8-16)10-15-12-9-13(18)17(4-2)14(12)19/h11-12,15H,3-10H2,1-2H3. The topological polar surface area (TPSA) is 52.7 Å². The number of nitrogens with zero attached hydrogens (tertiary/aromatic N) is 2. The van der Waals surface area contributed by atoms with Gasteiger partial charge in [-0.25, -0.2) is 0 Å². The van der Waals surface area contributed by atoms with Gasteiger partial charge >= 0.3 is 0 Å². The summed E-state index contributed by atoms with van der Waals surface area (Å²) >= 11 is 0. The quantitative estimate of drug-likeness (QED) is 0.735. The van der Waals surface area contributed by atoms with Crippen LogP contribution < -0.4 is 5.32 Å². The maximum atomic E-state index is 12.0. The minimum absolute atomic E-state index is 0.0363. The maximum Gasteiger partial charge on any atom is 0.246 e. The van der Waals surface area contributed by atoms with Crippen LogP contribution in [0.2, 0.25) is 0 Å². The van der Waals surface area contributed by atoms with Crippen LogP contribution in [0.3, 0.4) is 0 Å². The van der Waals surface area contributed by atoms with Gasteiger partial charge in [0.2, 0.25) is 11.8 Å². The van der Waals surface area contributed by atoms with Crippen LogP contribution in [0.4, 0.5) is 0 Å². The minimum atomic E-state index is -0.281. The van der Waals surface area contributed by atoms with Crippen LogP contribution in [0.25, 0.3) is 0 Å². The van der Waals surface area contributed by atoms with E-state index in [-0.39, 0.29) is 17.9 Å². The van der Waals surface area contributed by atoms with Gasteiger partial charge in [-0.15, -0.1) is 0 Å². The molecule has 2 saturated heterocycles. The first-order chi connectivity index (χ1) is 9.15. The van der Waals surface area contributed by atoms with Crippen molar-refractivity contribution in [1.29, 1.82) is 0 Å². The molecule has 5 heteroatoms. The molecule has 0 saturated carbocycles. The molecule has 108 valence electrons. The number of likely N-dealkylation sites (tertiary alicyclic amines) is 2. The van der Waals surface area contributed by atoms with E-state index in [0.717, 1.165) is 26.2 Å². The van der Waals surface area contributed by atoms with E-state index < -0.39 is 0 Å². The Hall–Kier alpha value is -0.940. The Morgan fingerprint density at radius 2 is 1.84 bits per heavy atom. The summed E-state index contributed by atoms with van der Waals surface area (Å²) in [6, 6.07) is -0.281. The minimum Gasteiger partial charge on any atom is -0.305 e. The summed E-state index contributed by atoms with van der Waals surface area (Å²) in [5, 5.41) is 3.30. The van der Waals surface area contributed by atoms with Crippen molar-refractivity contribution in [2.24, 2.45) is 5.92 Å². The van der Waals surface area contributed by atoms with Gasteiger partial charge in [0, 0.05) is 6.54 Å². The van der Waals surface area contributed by atoms with Crippen molar-refractivity contribution in [2.75, 3.05) is 32.7 Å². The summed E-state index contributed by atoms with van der Waals surface area (Å²) in [5.41, 5.74) is 0. The van der Waals surface area contributed by atoms with Crippen molar-refractivity contribution >= 4 is 11.8 Å². The first-order valence-corrected chi connectivity index (χ1v) is 7.45. The van der Waals surface area contributed by atoms with Crippen LogP contribution in [0, 0.1) is 5.92 Å². The monoisotopic (exact) mass is 267 g/mol. The lowest BCUT2D eigenvalue weighted by molar-refractivity contribution is -0.138. The Labute approximate surface area is 115 Å².